The van der Waals surface area contributed by atoms with Crippen molar-refractivity contribution in [1.82, 2.24) is 0 Å². The van der Waals surface area contributed by atoms with Gasteiger partial charge in [-0.3, -0.25) is 0 Å². The number of hydrogen-bond donors (Lipinski definition) is 1. The molecule has 0 amide bonds. The maximum atomic E-state index is 9.91. The highest BCUT2D eigenvalue weighted by Crippen LogP contribution is 2.04. The van der Waals surface area contributed by atoms with Gasteiger partial charge in [0.1, 0.15) is 6.10 Å². The standard InChI is InChI=1S/C6H12N2O7/c9-5-6(15-8(12)13)3-1-2-4-14-7(10)11/h6,9H,1-5H2/t6-/m0/s1. The number of nitrogens with zero attached hydrogens (tertiary/aromatic N) is 2. The number of unbranched alkanes of at least 4 members (excludes halogenated alkanes) is 1. The fraction of sp³-hybridized carbons (Fsp3) is 1.00. The quantitative estimate of drug-likeness (QED) is 0.330. The second-order valence-electron chi connectivity index (χ2n) is 2.69. The van der Waals surface area contributed by atoms with Gasteiger partial charge >= 0.3 is 0 Å². The van der Waals surface area contributed by atoms with Crippen molar-refractivity contribution < 1.29 is 25.0 Å². The van der Waals surface area contributed by atoms with Crippen LogP contribution < -0.4 is 0 Å². The minimum absolute atomic E-state index is 0.0659. The van der Waals surface area contributed by atoms with Crippen LogP contribution in [0.3, 0.4) is 0 Å². The zero-order chi connectivity index (χ0) is 11.7. The van der Waals surface area contributed by atoms with Crippen LogP contribution in [0.5, 0.6) is 0 Å². The number of aliphatic hydroxyl groups is 1. The summed E-state index contributed by atoms with van der Waals surface area (Å²) in [5.74, 6) is 0. The number of aliphatic hydroxyl groups excluding tert-OH is 1. The molecule has 0 rings (SSSR count). The van der Waals surface area contributed by atoms with Crippen molar-refractivity contribution in [3.05, 3.63) is 20.2 Å². The summed E-state index contributed by atoms with van der Waals surface area (Å²) in [5.41, 5.74) is 0. The largest absolute Gasteiger partial charge is 0.394 e. The summed E-state index contributed by atoms with van der Waals surface area (Å²) in [7, 11) is 0. The van der Waals surface area contributed by atoms with Crippen LogP contribution in [0.4, 0.5) is 0 Å². The highest BCUT2D eigenvalue weighted by atomic mass is 17.0. The van der Waals surface area contributed by atoms with E-state index in [1.807, 2.05) is 0 Å². The Hall–Kier alpha value is -1.64. The van der Waals surface area contributed by atoms with Crippen molar-refractivity contribution in [1.29, 1.82) is 0 Å². The summed E-state index contributed by atoms with van der Waals surface area (Å²) in [6, 6.07) is 0. The molecule has 9 heteroatoms. The highest BCUT2D eigenvalue weighted by Gasteiger charge is 2.11. The van der Waals surface area contributed by atoms with E-state index in [-0.39, 0.29) is 13.0 Å². The molecule has 0 saturated heterocycles. The van der Waals surface area contributed by atoms with Gasteiger partial charge in [-0.05, 0) is 19.3 Å². The maximum absolute atomic E-state index is 9.91. The lowest BCUT2D eigenvalue weighted by Crippen LogP contribution is -2.21. The topological polar surface area (TPSA) is 125 Å². The Morgan fingerprint density at radius 2 is 1.87 bits per heavy atom. The first-order chi connectivity index (χ1) is 7.06. The molecular formula is C6H12N2O7. The normalized spacial score (nSPS) is 11.8. The Balaban J connectivity index is 3.46. The highest BCUT2D eigenvalue weighted by molar-refractivity contribution is 4.53. The van der Waals surface area contributed by atoms with Gasteiger partial charge in [0.2, 0.25) is 0 Å². The molecule has 15 heavy (non-hydrogen) atoms. The van der Waals surface area contributed by atoms with E-state index in [2.05, 4.69) is 9.68 Å². The fourth-order valence-corrected chi connectivity index (χ4v) is 0.912. The first-order valence-corrected chi connectivity index (χ1v) is 4.25. The molecule has 0 bridgehead atoms. The minimum atomic E-state index is -0.978. The Bertz CT molecular complexity index is 210. The van der Waals surface area contributed by atoms with Gasteiger partial charge in [0.15, 0.2) is 0 Å². The predicted octanol–water partition coefficient (Wildman–Crippen LogP) is -0.0658. The van der Waals surface area contributed by atoms with Crippen LogP contribution in [0, 0.1) is 20.2 Å². The van der Waals surface area contributed by atoms with Gasteiger partial charge in [-0.15, -0.1) is 20.2 Å². The molecule has 0 aliphatic heterocycles. The Morgan fingerprint density at radius 3 is 2.33 bits per heavy atom. The van der Waals surface area contributed by atoms with Crippen LogP contribution >= 0.6 is 0 Å². The lowest BCUT2D eigenvalue weighted by atomic mass is 10.2. The Labute approximate surface area is 84.8 Å². The van der Waals surface area contributed by atoms with E-state index < -0.39 is 22.9 Å². The van der Waals surface area contributed by atoms with E-state index in [1.165, 1.54) is 0 Å². The summed E-state index contributed by atoms with van der Waals surface area (Å²) < 4.78 is 0. The second-order valence-corrected chi connectivity index (χ2v) is 2.69. The summed E-state index contributed by atoms with van der Waals surface area (Å²) in [5, 5.41) is 26.4. The molecule has 1 atom stereocenters. The molecule has 0 aromatic rings. The van der Waals surface area contributed by atoms with Gasteiger partial charge in [-0.2, -0.15) is 0 Å². The summed E-state index contributed by atoms with van der Waals surface area (Å²) in [4.78, 5) is 27.8. The third-order valence-electron chi connectivity index (χ3n) is 1.56. The number of rotatable bonds is 9. The summed E-state index contributed by atoms with van der Waals surface area (Å²) in [6.45, 7) is -0.527. The third kappa shape index (κ3) is 8.68. The molecule has 0 heterocycles. The van der Waals surface area contributed by atoms with Gasteiger partial charge in [-0.25, -0.2) is 0 Å². The van der Waals surface area contributed by atoms with Crippen LogP contribution in [0.2, 0.25) is 0 Å². The van der Waals surface area contributed by atoms with Crippen LogP contribution in [-0.4, -0.2) is 34.6 Å². The molecule has 0 aromatic carbocycles. The molecule has 0 aliphatic rings. The van der Waals surface area contributed by atoms with E-state index in [9.17, 15) is 20.2 Å². The molecule has 0 saturated carbocycles. The molecule has 0 spiro atoms. The average molecular weight is 224 g/mol. The van der Waals surface area contributed by atoms with E-state index in [4.69, 9.17) is 5.11 Å². The van der Waals surface area contributed by atoms with Gasteiger partial charge in [0.25, 0.3) is 10.2 Å². The lowest BCUT2D eigenvalue weighted by Gasteiger charge is -2.10. The predicted molar refractivity (Wildman–Crippen MR) is 45.8 cm³/mol. The van der Waals surface area contributed by atoms with Gasteiger partial charge < -0.3 is 14.8 Å². The van der Waals surface area contributed by atoms with Crippen molar-refractivity contribution in [2.24, 2.45) is 0 Å². The summed E-state index contributed by atoms with van der Waals surface area (Å²) >= 11 is 0. The minimum Gasteiger partial charge on any atom is -0.394 e. The molecule has 88 valence electrons. The van der Waals surface area contributed by atoms with Crippen molar-refractivity contribution >= 4 is 0 Å². The van der Waals surface area contributed by atoms with Gasteiger partial charge in [0.05, 0.1) is 13.2 Å². The molecule has 0 aromatic heterocycles. The van der Waals surface area contributed by atoms with Gasteiger partial charge in [-0.1, -0.05) is 0 Å². The van der Waals surface area contributed by atoms with E-state index in [1.54, 1.807) is 0 Å². The Morgan fingerprint density at radius 1 is 1.20 bits per heavy atom. The Kier molecular flexibility index (Phi) is 6.89. The van der Waals surface area contributed by atoms with Gasteiger partial charge in [0, 0.05) is 0 Å². The summed E-state index contributed by atoms with van der Waals surface area (Å²) in [6.07, 6.45) is 0.180. The van der Waals surface area contributed by atoms with Crippen molar-refractivity contribution in [2.45, 2.75) is 25.4 Å². The SMILES string of the molecule is O=[N+]([O-])OCCCC[C@@H](CO)O[N+](=O)[O-]. The molecule has 0 fully saturated rings. The first-order valence-electron chi connectivity index (χ1n) is 4.25. The maximum Gasteiger partial charge on any atom is 0.294 e. The molecule has 9 nitrogen and oxygen atoms in total. The zero-order valence-corrected chi connectivity index (χ0v) is 7.90. The molecule has 0 aliphatic carbocycles. The molecule has 0 radical (unpaired) electrons. The van der Waals surface area contributed by atoms with E-state index >= 15 is 0 Å². The van der Waals surface area contributed by atoms with Crippen LogP contribution in [0.25, 0.3) is 0 Å². The fourth-order valence-electron chi connectivity index (χ4n) is 0.912. The second kappa shape index (κ2) is 7.74. The third-order valence-corrected chi connectivity index (χ3v) is 1.56. The van der Waals surface area contributed by atoms with Crippen LogP contribution in [0.1, 0.15) is 19.3 Å². The molecule has 0 unspecified atom stereocenters. The smallest absolute Gasteiger partial charge is 0.294 e. The zero-order valence-electron chi connectivity index (χ0n) is 7.90. The van der Waals surface area contributed by atoms with Crippen molar-refractivity contribution in [3.63, 3.8) is 0 Å². The van der Waals surface area contributed by atoms with Crippen molar-refractivity contribution in [3.8, 4) is 0 Å². The first kappa shape index (κ1) is 13.4. The number of hydrogen-bond acceptors (Lipinski definition) is 7. The van der Waals surface area contributed by atoms with Crippen LogP contribution in [0.15, 0.2) is 0 Å². The lowest BCUT2D eigenvalue weighted by molar-refractivity contribution is -0.769. The average Bonchev–Trinajstić information content (AvgIpc) is 2.14. The van der Waals surface area contributed by atoms with Crippen molar-refractivity contribution in [2.75, 3.05) is 13.2 Å². The molecular weight excluding hydrogens is 212 g/mol. The van der Waals surface area contributed by atoms with E-state index in [0.29, 0.717) is 12.8 Å². The monoisotopic (exact) mass is 224 g/mol. The van der Waals surface area contributed by atoms with E-state index in [0.717, 1.165) is 0 Å². The van der Waals surface area contributed by atoms with Crippen LogP contribution in [-0.2, 0) is 9.68 Å². The molecule has 1 N–H and O–H groups in total.